The molecule has 1 fully saturated rings. The van der Waals surface area contributed by atoms with Gasteiger partial charge in [-0.1, -0.05) is 60.7 Å². The zero-order valence-corrected chi connectivity index (χ0v) is 11.4. The summed E-state index contributed by atoms with van der Waals surface area (Å²) in [5.41, 5.74) is 2.64. The summed E-state index contributed by atoms with van der Waals surface area (Å²) in [7, 11) is 0. The van der Waals surface area contributed by atoms with Crippen molar-refractivity contribution in [2.24, 2.45) is 0 Å². The average molecular weight is 262 g/mol. The van der Waals surface area contributed by atoms with Crippen molar-refractivity contribution in [3.63, 3.8) is 0 Å². The Hall–Kier alpha value is -2.11. The Bertz CT molecular complexity index is 586. The number of nitriles is 1. The van der Waals surface area contributed by atoms with Crippen LogP contribution in [0, 0.1) is 11.3 Å². The molecule has 0 amide bonds. The summed E-state index contributed by atoms with van der Waals surface area (Å²) < 4.78 is 0. The lowest BCUT2D eigenvalue weighted by atomic mass is 9.88. The third-order valence-corrected chi connectivity index (χ3v) is 4.04. The Kier molecular flexibility index (Phi) is 3.80. The topological polar surface area (TPSA) is 27.0 Å². The number of rotatable bonds is 4. The summed E-state index contributed by atoms with van der Waals surface area (Å²) in [4.78, 5) is 2.32. The van der Waals surface area contributed by atoms with Crippen molar-refractivity contribution in [3.05, 3.63) is 71.8 Å². The zero-order valence-electron chi connectivity index (χ0n) is 11.4. The lowest BCUT2D eigenvalue weighted by Gasteiger charge is -2.45. The van der Waals surface area contributed by atoms with Gasteiger partial charge in [0.25, 0.3) is 0 Å². The van der Waals surface area contributed by atoms with Gasteiger partial charge in [0.15, 0.2) is 0 Å². The first kappa shape index (κ1) is 12.9. The monoisotopic (exact) mass is 262 g/mol. The van der Waals surface area contributed by atoms with Crippen molar-refractivity contribution in [1.29, 1.82) is 5.26 Å². The molecule has 3 rings (SSSR count). The second kappa shape index (κ2) is 5.90. The molecule has 2 nitrogen and oxygen atoms in total. The van der Waals surface area contributed by atoms with Crippen LogP contribution in [0.15, 0.2) is 60.7 Å². The predicted octanol–water partition coefficient (Wildman–Crippen LogP) is 3.40. The first-order valence-corrected chi connectivity index (χ1v) is 7.10. The average Bonchev–Trinajstić information content (AvgIpc) is 2.51. The van der Waals surface area contributed by atoms with Crippen molar-refractivity contribution >= 4 is 0 Å². The van der Waals surface area contributed by atoms with Crippen LogP contribution >= 0.6 is 0 Å². The van der Waals surface area contributed by atoms with E-state index in [1.165, 1.54) is 11.1 Å². The maximum atomic E-state index is 9.23. The number of hydrogen-bond acceptors (Lipinski definition) is 2. The molecular weight excluding hydrogens is 244 g/mol. The summed E-state index contributed by atoms with van der Waals surface area (Å²) in [5, 5.41) is 9.23. The lowest BCUT2D eigenvalue weighted by molar-refractivity contribution is 0.0395. The Labute approximate surface area is 120 Å². The minimum atomic E-state index is 0.0731. The first-order chi connectivity index (χ1) is 9.86. The molecule has 1 aliphatic heterocycles. The molecule has 2 aromatic carbocycles. The van der Waals surface area contributed by atoms with Crippen LogP contribution in [0.3, 0.4) is 0 Å². The van der Waals surface area contributed by atoms with Gasteiger partial charge >= 0.3 is 0 Å². The fraction of sp³-hybridized carbons (Fsp3) is 0.278. The molecule has 0 unspecified atom stereocenters. The van der Waals surface area contributed by atoms with E-state index >= 15 is 0 Å². The third-order valence-electron chi connectivity index (χ3n) is 4.04. The standard InChI is InChI=1S/C18H18N2/c19-13-18-12-17(11-15-7-3-1-4-8-15)20(18)14-16-9-5-2-6-10-16/h1-10,17-18H,11-12,14H2/t17-,18+/m0/s1. The molecule has 0 saturated carbocycles. The summed E-state index contributed by atoms with van der Waals surface area (Å²) in [6.45, 7) is 0.872. The van der Waals surface area contributed by atoms with Crippen LogP contribution in [0.25, 0.3) is 0 Å². The van der Waals surface area contributed by atoms with E-state index in [0.29, 0.717) is 6.04 Å². The van der Waals surface area contributed by atoms with Crippen molar-refractivity contribution in [3.8, 4) is 6.07 Å². The van der Waals surface area contributed by atoms with Gasteiger partial charge in [-0.2, -0.15) is 5.26 Å². The Balaban J connectivity index is 1.68. The van der Waals surface area contributed by atoms with Crippen molar-refractivity contribution in [2.75, 3.05) is 0 Å². The van der Waals surface area contributed by atoms with Gasteiger partial charge in [0.2, 0.25) is 0 Å². The second-order valence-electron chi connectivity index (χ2n) is 5.38. The zero-order chi connectivity index (χ0) is 13.8. The number of nitrogens with zero attached hydrogens (tertiary/aromatic N) is 2. The van der Waals surface area contributed by atoms with Gasteiger partial charge in [0.05, 0.1) is 12.1 Å². The Morgan fingerprint density at radius 3 is 2.15 bits per heavy atom. The molecule has 0 radical (unpaired) electrons. The summed E-state index contributed by atoms with van der Waals surface area (Å²) in [5.74, 6) is 0. The van der Waals surface area contributed by atoms with Crippen LogP contribution in [-0.4, -0.2) is 17.0 Å². The van der Waals surface area contributed by atoms with Gasteiger partial charge in [-0.25, -0.2) is 0 Å². The van der Waals surface area contributed by atoms with Crippen LogP contribution in [0.4, 0.5) is 0 Å². The summed E-state index contributed by atoms with van der Waals surface area (Å²) in [6.07, 6.45) is 2.02. The van der Waals surface area contributed by atoms with Crippen LogP contribution in [-0.2, 0) is 13.0 Å². The summed E-state index contributed by atoms with van der Waals surface area (Å²) in [6, 6.07) is 23.9. The first-order valence-electron chi connectivity index (χ1n) is 7.10. The molecule has 20 heavy (non-hydrogen) atoms. The molecule has 0 spiro atoms. The largest absolute Gasteiger partial charge is 0.280 e. The molecule has 2 aromatic rings. The van der Waals surface area contributed by atoms with Gasteiger partial charge in [-0.15, -0.1) is 0 Å². The van der Waals surface area contributed by atoms with Crippen molar-refractivity contribution in [2.45, 2.75) is 31.5 Å². The fourth-order valence-electron chi connectivity index (χ4n) is 2.89. The maximum absolute atomic E-state index is 9.23. The van der Waals surface area contributed by atoms with Gasteiger partial charge in [-0.05, 0) is 24.0 Å². The van der Waals surface area contributed by atoms with Crippen LogP contribution in [0.5, 0.6) is 0 Å². The van der Waals surface area contributed by atoms with Gasteiger partial charge in [0.1, 0.15) is 0 Å². The number of benzene rings is 2. The molecule has 1 saturated heterocycles. The van der Waals surface area contributed by atoms with Crippen molar-refractivity contribution < 1.29 is 0 Å². The van der Waals surface area contributed by atoms with Gasteiger partial charge in [0, 0.05) is 12.6 Å². The minimum Gasteiger partial charge on any atom is -0.280 e. The van der Waals surface area contributed by atoms with Crippen molar-refractivity contribution in [1.82, 2.24) is 4.90 Å². The Morgan fingerprint density at radius 1 is 0.950 bits per heavy atom. The van der Waals surface area contributed by atoms with E-state index in [9.17, 15) is 5.26 Å². The maximum Gasteiger partial charge on any atom is 0.0998 e. The summed E-state index contributed by atoms with van der Waals surface area (Å²) >= 11 is 0. The van der Waals surface area contributed by atoms with E-state index in [4.69, 9.17) is 0 Å². The molecule has 1 heterocycles. The minimum absolute atomic E-state index is 0.0731. The molecule has 2 heteroatoms. The van der Waals surface area contributed by atoms with E-state index in [0.717, 1.165) is 19.4 Å². The van der Waals surface area contributed by atoms with Gasteiger partial charge < -0.3 is 0 Å². The smallest absolute Gasteiger partial charge is 0.0998 e. The molecule has 0 aromatic heterocycles. The Morgan fingerprint density at radius 2 is 1.55 bits per heavy atom. The second-order valence-corrected chi connectivity index (χ2v) is 5.38. The molecule has 100 valence electrons. The molecule has 1 aliphatic rings. The van der Waals surface area contributed by atoms with E-state index in [2.05, 4.69) is 59.5 Å². The highest BCUT2D eigenvalue weighted by molar-refractivity contribution is 5.21. The molecule has 0 aliphatic carbocycles. The predicted molar refractivity (Wildman–Crippen MR) is 79.9 cm³/mol. The molecule has 0 bridgehead atoms. The SMILES string of the molecule is N#C[C@H]1C[C@H](Cc2ccccc2)N1Cc1ccccc1. The van der Waals surface area contributed by atoms with E-state index in [-0.39, 0.29) is 6.04 Å². The number of likely N-dealkylation sites (tertiary alicyclic amines) is 1. The van der Waals surface area contributed by atoms with E-state index < -0.39 is 0 Å². The molecule has 2 atom stereocenters. The van der Waals surface area contributed by atoms with E-state index in [1.54, 1.807) is 0 Å². The fourth-order valence-corrected chi connectivity index (χ4v) is 2.89. The van der Waals surface area contributed by atoms with Gasteiger partial charge in [-0.3, -0.25) is 4.90 Å². The quantitative estimate of drug-likeness (QED) is 0.844. The molecule has 0 N–H and O–H groups in total. The lowest BCUT2D eigenvalue weighted by Crippen LogP contribution is -2.55. The number of hydrogen-bond donors (Lipinski definition) is 0. The molecular formula is C18H18N2. The van der Waals surface area contributed by atoms with Crippen LogP contribution in [0.2, 0.25) is 0 Å². The van der Waals surface area contributed by atoms with Crippen LogP contribution in [0.1, 0.15) is 17.5 Å². The highest BCUT2D eigenvalue weighted by atomic mass is 15.2. The third kappa shape index (κ3) is 2.74. The highest BCUT2D eigenvalue weighted by Gasteiger charge is 2.37. The van der Waals surface area contributed by atoms with E-state index in [1.807, 2.05) is 12.1 Å². The normalized spacial score (nSPS) is 21.9. The highest BCUT2D eigenvalue weighted by Crippen LogP contribution is 2.30. The van der Waals surface area contributed by atoms with Crippen LogP contribution < -0.4 is 0 Å².